The maximum absolute atomic E-state index is 15.2. The second-order valence-corrected chi connectivity index (χ2v) is 9.59. The summed E-state index contributed by atoms with van der Waals surface area (Å²) in [6, 6.07) is 9.48. The third-order valence-electron chi connectivity index (χ3n) is 6.97. The van der Waals surface area contributed by atoms with Gasteiger partial charge in [-0.15, -0.1) is 10.2 Å². The number of benzene rings is 2. The zero-order valence-electron chi connectivity index (χ0n) is 20.1. The Bertz CT molecular complexity index is 1570. The SMILES string of the molecule is Cn1nncc1-c1ccc(NC(=O)[C@@H]2CCC3CC(c4c(-n5cnnn5)ccc(Cl)c4F)=CC(=O)N32)cc1. The van der Waals surface area contributed by atoms with Gasteiger partial charge in [-0.1, -0.05) is 28.9 Å². The summed E-state index contributed by atoms with van der Waals surface area (Å²) in [5, 5.41) is 21.8. The van der Waals surface area contributed by atoms with Gasteiger partial charge < -0.3 is 10.2 Å². The molecule has 2 atom stereocenters. The molecule has 6 rings (SSSR count). The molecule has 0 radical (unpaired) electrons. The average Bonchev–Trinajstić information content (AvgIpc) is 3.67. The number of rotatable bonds is 5. The van der Waals surface area contributed by atoms with Crippen molar-refractivity contribution in [1.29, 1.82) is 0 Å². The lowest BCUT2D eigenvalue weighted by atomic mass is 9.92. The molecule has 1 unspecified atom stereocenters. The van der Waals surface area contributed by atoms with Gasteiger partial charge in [0.25, 0.3) is 0 Å². The van der Waals surface area contributed by atoms with Crippen LogP contribution in [0.5, 0.6) is 0 Å². The van der Waals surface area contributed by atoms with Gasteiger partial charge in [0.05, 0.1) is 22.6 Å². The van der Waals surface area contributed by atoms with Gasteiger partial charge in [0.15, 0.2) is 5.82 Å². The molecule has 192 valence electrons. The van der Waals surface area contributed by atoms with Gasteiger partial charge in [-0.05, 0) is 59.5 Å². The van der Waals surface area contributed by atoms with Crippen molar-refractivity contribution in [1.82, 2.24) is 40.1 Å². The summed E-state index contributed by atoms with van der Waals surface area (Å²) < 4.78 is 18.2. The van der Waals surface area contributed by atoms with Crippen LogP contribution in [-0.2, 0) is 16.6 Å². The highest BCUT2D eigenvalue weighted by Crippen LogP contribution is 2.40. The molecule has 2 aliphatic rings. The second kappa shape index (κ2) is 9.45. The molecule has 0 bridgehead atoms. The fourth-order valence-electron chi connectivity index (χ4n) is 5.19. The van der Waals surface area contributed by atoms with Crippen molar-refractivity contribution in [3.8, 4) is 16.9 Å². The van der Waals surface area contributed by atoms with Crippen LogP contribution in [0, 0.1) is 5.82 Å². The van der Waals surface area contributed by atoms with Gasteiger partial charge in [0.1, 0.15) is 12.4 Å². The summed E-state index contributed by atoms with van der Waals surface area (Å²) in [5.74, 6) is -1.27. The van der Waals surface area contributed by atoms with Crippen LogP contribution >= 0.6 is 11.6 Å². The number of carbonyl (C=O) groups is 2. The highest BCUT2D eigenvalue weighted by atomic mass is 35.5. The second-order valence-electron chi connectivity index (χ2n) is 9.19. The molecule has 2 aromatic carbocycles. The van der Waals surface area contributed by atoms with Gasteiger partial charge in [-0.3, -0.25) is 9.59 Å². The number of amides is 2. The predicted molar refractivity (Wildman–Crippen MR) is 135 cm³/mol. The molecule has 0 spiro atoms. The normalized spacial score (nSPS) is 18.9. The number of aromatic nitrogens is 7. The van der Waals surface area contributed by atoms with Crippen LogP contribution < -0.4 is 5.32 Å². The maximum atomic E-state index is 15.2. The van der Waals surface area contributed by atoms with E-state index in [1.807, 2.05) is 12.1 Å². The Balaban J connectivity index is 1.23. The van der Waals surface area contributed by atoms with Crippen LogP contribution in [0.25, 0.3) is 22.5 Å². The van der Waals surface area contributed by atoms with E-state index in [9.17, 15) is 9.59 Å². The molecular weight excluding hydrogens is 513 g/mol. The van der Waals surface area contributed by atoms with Crippen molar-refractivity contribution in [3.63, 3.8) is 0 Å². The van der Waals surface area contributed by atoms with E-state index in [1.165, 1.54) is 23.2 Å². The van der Waals surface area contributed by atoms with Crippen molar-refractivity contribution in [2.75, 3.05) is 5.32 Å². The summed E-state index contributed by atoms with van der Waals surface area (Å²) in [5.41, 5.74) is 3.42. The van der Waals surface area contributed by atoms with Gasteiger partial charge in [-0.25, -0.2) is 9.07 Å². The van der Waals surface area contributed by atoms with E-state index in [0.29, 0.717) is 36.2 Å². The Morgan fingerprint density at radius 3 is 2.63 bits per heavy atom. The van der Waals surface area contributed by atoms with Crippen LogP contribution in [0.2, 0.25) is 5.02 Å². The lowest BCUT2D eigenvalue weighted by Gasteiger charge is -2.33. The Kier molecular flexibility index (Phi) is 5.95. The molecule has 11 nitrogen and oxygen atoms in total. The quantitative estimate of drug-likeness (QED) is 0.418. The molecule has 2 aromatic heterocycles. The molecule has 0 aliphatic carbocycles. The zero-order chi connectivity index (χ0) is 26.4. The minimum absolute atomic E-state index is 0.0676. The van der Waals surface area contributed by atoms with Crippen LogP contribution in [0.4, 0.5) is 10.1 Å². The molecule has 0 saturated carbocycles. The Morgan fingerprint density at radius 1 is 1.11 bits per heavy atom. The van der Waals surface area contributed by atoms with E-state index in [2.05, 4.69) is 31.2 Å². The minimum atomic E-state index is -0.648. The summed E-state index contributed by atoms with van der Waals surface area (Å²) in [6.45, 7) is 0. The fourth-order valence-corrected chi connectivity index (χ4v) is 5.35. The first-order chi connectivity index (χ1) is 18.4. The summed E-state index contributed by atoms with van der Waals surface area (Å²) in [7, 11) is 1.80. The third kappa shape index (κ3) is 4.12. The average molecular weight is 534 g/mol. The van der Waals surface area contributed by atoms with Crippen molar-refractivity contribution in [3.05, 3.63) is 71.4 Å². The lowest BCUT2D eigenvalue weighted by Crippen LogP contribution is -2.48. The van der Waals surface area contributed by atoms with Gasteiger partial charge in [-0.2, -0.15) is 4.68 Å². The molecule has 2 aliphatic heterocycles. The number of nitrogens with one attached hydrogen (secondary N) is 1. The number of nitrogens with zero attached hydrogens (tertiary/aromatic N) is 8. The van der Waals surface area contributed by atoms with Gasteiger partial charge in [0, 0.05) is 36.0 Å². The smallest absolute Gasteiger partial charge is 0.247 e. The standard InChI is InChI=1S/C25H21ClFN9O2/c1-34-21(12-28-32-34)14-2-4-16(5-3-14)30-25(38)20-8-6-17-10-15(11-22(37)36(17)20)23-19(35-13-29-31-33-35)9-7-18(26)24(23)27/h2-5,7,9,11-13,17,20H,6,8,10H2,1H3,(H,30,38)/t17?,20-/m0/s1. The predicted octanol–water partition coefficient (Wildman–Crippen LogP) is 3.04. The number of hydrogen-bond donors (Lipinski definition) is 1. The summed E-state index contributed by atoms with van der Waals surface area (Å²) >= 11 is 6.08. The lowest BCUT2D eigenvalue weighted by molar-refractivity contribution is -0.135. The largest absolute Gasteiger partial charge is 0.324 e. The van der Waals surface area contributed by atoms with Crippen molar-refractivity contribution in [2.24, 2.45) is 7.05 Å². The number of carbonyl (C=O) groups excluding carboxylic acids is 2. The topological polar surface area (TPSA) is 124 Å². The number of tetrazole rings is 1. The Labute approximate surface area is 220 Å². The van der Waals surface area contributed by atoms with Gasteiger partial charge >= 0.3 is 0 Å². The zero-order valence-corrected chi connectivity index (χ0v) is 20.9. The van der Waals surface area contributed by atoms with E-state index < -0.39 is 11.9 Å². The van der Waals surface area contributed by atoms with E-state index in [4.69, 9.17) is 11.6 Å². The maximum Gasteiger partial charge on any atom is 0.247 e. The highest BCUT2D eigenvalue weighted by Gasteiger charge is 2.43. The molecule has 4 heterocycles. The molecular formula is C25H21ClFN9O2. The number of aryl methyl sites for hydroxylation is 1. The number of anilines is 1. The number of halogens is 2. The van der Waals surface area contributed by atoms with Crippen molar-refractivity contribution < 1.29 is 14.0 Å². The summed E-state index contributed by atoms with van der Waals surface area (Å²) in [4.78, 5) is 28.1. The first-order valence-electron chi connectivity index (χ1n) is 11.9. The number of hydrogen-bond acceptors (Lipinski definition) is 7. The molecule has 2 amide bonds. The van der Waals surface area contributed by atoms with Crippen LogP contribution in [-0.4, -0.2) is 64.0 Å². The molecule has 1 fully saturated rings. The van der Waals surface area contributed by atoms with E-state index in [0.717, 1.165) is 11.3 Å². The molecule has 38 heavy (non-hydrogen) atoms. The fraction of sp³-hybridized carbons (Fsp3) is 0.240. The first kappa shape index (κ1) is 23.9. The van der Waals surface area contributed by atoms with Gasteiger partial charge in [0.2, 0.25) is 11.8 Å². The molecule has 4 aromatic rings. The molecule has 13 heteroatoms. The van der Waals surface area contributed by atoms with E-state index in [-0.39, 0.29) is 28.4 Å². The minimum Gasteiger partial charge on any atom is -0.324 e. The van der Waals surface area contributed by atoms with Crippen molar-refractivity contribution >= 4 is 34.7 Å². The third-order valence-corrected chi connectivity index (χ3v) is 7.26. The monoisotopic (exact) mass is 533 g/mol. The summed E-state index contributed by atoms with van der Waals surface area (Å²) in [6.07, 6.45) is 5.86. The first-order valence-corrected chi connectivity index (χ1v) is 12.3. The van der Waals surface area contributed by atoms with E-state index in [1.54, 1.807) is 41.0 Å². The Morgan fingerprint density at radius 2 is 1.92 bits per heavy atom. The van der Waals surface area contributed by atoms with Crippen molar-refractivity contribution in [2.45, 2.75) is 31.3 Å². The highest BCUT2D eigenvalue weighted by molar-refractivity contribution is 6.31. The van der Waals surface area contributed by atoms with Crippen LogP contribution in [0.1, 0.15) is 24.8 Å². The van der Waals surface area contributed by atoms with Crippen LogP contribution in [0.3, 0.4) is 0 Å². The van der Waals surface area contributed by atoms with E-state index >= 15 is 4.39 Å². The molecule has 1 N–H and O–H groups in total. The molecule has 1 saturated heterocycles. The van der Waals surface area contributed by atoms with Crippen LogP contribution in [0.15, 0.2) is 55.0 Å². The number of fused-ring (bicyclic) bond motifs is 1. The Hall–Kier alpha value is -4.45.